The molecule has 12 nitrogen and oxygen atoms in total. The van der Waals surface area contributed by atoms with Crippen molar-refractivity contribution in [3.05, 3.63) is 97.1 Å². The average molecular weight is 757 g/mol. The Labute approximate surface area is 282 Å². The van der Waals surface area contributed by atoms with Gasteiger partial charge in [0.25, 0.3) is 0 Å². The highest BCUT2D eigenvalue weighted by Gasteiger charge is 2.32. The van der Waals surface area contributed by atoms with E-state index in [1.54, 1.807) is 56.3 Å². The lowest BCUT2D eigenvalue weighted by molar-refractivity contribution is -0.136. The minimum absolute atomic E-state index is 0.169. The molecule has 2 amide bonds. The maximum Gasteiger partial charge on any atom is 0.337 e. The van der Waals surface area contributed by atoms with Crippen LogP contribution in [0.2, 0.25) is 0 Å². The molecule has 3 aromatic rings. The summed E-state index contributed by atoms with van der Waals surface area (Å²) in [7, 11) is 1.27. The van der Waals surface area contributed by atoms with Crippen molar-refractivity contribution < 1.29 is 33.6 Å². The van der Waals surface area contributed by atoms with Crippen LogP contribution in [0.3, 0.4) is 0 Å². The first-order valence-electron chi connectivity index (χ1n) is 14.0. The molecule has 2 atom stereocenters. The van der Waals surface area contributed by atoms with Crippen LogP contribution in [0.25, 0.3) is 0 Å². The lowest BCUT2D eigenvalue weighted by Gasteiger charge is -2.28. The third-order valence-electron chi connectivity index (χ3n) is 6.64. The molecule has 1 aliphatic heterocycles. The van der Waals surface area contributed by atoms with Gasteiger partial charge in [0.15, 0.2) is 17.7 Å². The van der Waals surface area contributed by atoms with E-state index in [0.717, 1.165) is 5.56 Å². The van der Waals surface area contributed by atoms with Crippen molar-refractivity contribution in [2.75, 3.05) is 20.3 Å². The Balaban J connectivity index is 1.37. The zero-order chi connectivity index (χ0) is 33.2. The topological polar surface area (TPSA) is 164 Å². The monoisotopic (exact) mass is 755 g/mol. The Morgan fingerprint density at radius 3 is 2.57 bits per heavy atom. The lowest BCUT2D eigenvalue weighted by atomic mass is 9.95. The molecule has 240 valence electrons. The van der Waals surface area contributed by atoms with E-state index in [2.05, 4.69) is 59.1 Å². The van der Waals surface area contributed by atoms with Crippen LogP contribution in [-0.2, 0) is 16.1 Å². The molecule has 0 spiro atoms. The minimum atomic E-state index is -1.17. The van der Waals surface area contributed by atoms with Crippen molar-refractivity contribution in [3.8, 4) is 23.3 Å². The van der Waals surface area contributed by atoms with E-state index in [1.165, 1.54) is 13.3 Å². The Morgan fingerprint density at radius 2 is 1.87 bits per heavy atom. The van der Waals surface area contributed by atoms with Crippen molar-refractivity contribution in [1.82, 2.24) is 16.1 Å². The second-order valence-electron chi connectivity index (χ2n) is 9.79. The molecule has 1 aliphatic rings. The number of aliphatic hydroxyl groups excluding tert-OH is 1. The molecule has 0 fully saturated rings. The summed E-state index contributed by atoms with van der Waals surface area (Å²) in [4.78, 5) is 24.6. The molecule has 0 aromatic heterocycles. The summed E-state index contributed by atoms with van der Waals surface area (Å²) in [6.07, 6.45) is 0.357. The molecule has 1 heterocycles. The number of rotatable bonds is 13. The molecule has 4 rings (SSSR count). The van der Waals surface area contributed by atoms with Gasteiger partial charge >= 0.3 is 12.0 Å². The normalized spacial score (nSPS) is 15.0. The zero-order valence-corrected chi connectivity index (χ0v) is 28.3. The van der Waals surface area contributed by atoms with Gasteiger partial charge in [-0.25, -0.2) is 9.59 Å². The number of esters is 1. The molecule has 0 aliphatic carbocycles. The van der Waals surface area contributed by atoms with Crippen LogP contribution in [0.1, 0.15) is 42.1 Å². The fourth-order valence-electron chi connectivity index (χ4n) is 4.52. The fourth-order valence-corrected chi connectivity index (χ4v) is 5.97. The molecule has 0 bridgehead atoms. The molecule has 0 unspecified atom stereocenters. The maximum atomic E-state index is 12.5. The van der Waals surface area contributed by atoms with Crippen molar-refractivity contribution >= 4 is 50.1 Å². The van der Waals surface area contributed by atoms with Crippen molar-refractivity contribution in [2.45, 2.75) is 32.7 Å². The van der Waals surface area contributed by atoms with Gasteiger partial charge in [0.2, 0.25) is 0 Å². The van der Waals surface area contributed by atoms with Crippen molar-refractivity contribution in [3.63, 3.8) is 0 Å². The van der Waals surface area contributed by atoms with E-state index in [1.807, 2.05) is 12.1 Å². The van der Waals surface area contributed by atoms with Crippen LogP contribution in [0.15, 0.2) is 79.9 Å². The third kappa shape index (κ3) is 8.57. The molecule has 46 heavy (non-hydrogen) atoms. The van der Waals surface area contributed by atoms with Crippen molar-refractivity contribution in [1.29, 1.82) is 5.26 Å². The number of nitrogens with one attached hydrogen (secondary N) is 3. The van der Waals surface area contributed by atoms with Gasteiger partial charge in [-0.05, 0) is 87.2 Å². The molecule has 0 saturated heterocycles. The summed E-state index contributed by atoms with van der Waals surface area (Å²) >= 11 is 7.03. The largest absolute Gasteiger partial charge is 0.490 e. The quantitative estimate of drug-likeness (QED) is 0.0797. The number of amides is 2. The zero-order valence-electron chi connectivity index (χ0n) is 25.1. The number of carbonyl (C=O) groups is 2. The molecular weight excluding hydrogens is 726 g/mol. The smallest absolute Gasteiger partial charge is 0.337 e. The van der Waals surface area contributed by atoms with Crippen molar-refractivity contribution in [2.24, 2.45) is 5.10 Å². The number of benzene rings is 3. The number of ether oxygens (including phenoxy) is 4. The molecule has 0 saturated carbocycles. The highest BCUT2D eigenvalue weighted by atomic mass is 79.9. The number of hydrogen-bond donors (Lipinski definition) is 4. The second kappa shape index (κ2) is 16.1. The Hall–Kier alpha value is -4.58. The molecule has 4 N–H and O–H groups in total. The number of nitrogens with zero attached hydrogens (tertiary/aromatic N) is 2. The maximum absolute atomic E-state index is 12.5. The molecule has 0 radical (unpaired) electrons. The number of aliphatic hydroxyl groups is 1. The second-order valence-corrected chi connectivity index (χ2v) is 11.5. The number of allylic oxidation sites excluding steroid dienone is 1. The highest BCUT2D eigenvalue weighted by Crippen LogP contribution is 2.36. The average Bonchev–Trinajstić information content (AvgIpc) is 3.03. The Bertz CT molecular complexity index is 1680. The standard InChI is InChI=1S/C32H31Br2N5O7/c1-4-44-26-13-20(29-28(31(41)43-3)18(2)37-32(42)38-29)9-10-25(26)45-17-27(40)39-36-15-19-11-23(33)30(24(34)12-19)46-16-22-8-6-5-7-21(22)14-35/h5-13,15,27,29,39-40H,4,16-17H2,1-3H3,(H2,37,38,42)/b36-15-/t27-,29+/m1/s1. The lowest BCUT2D eigenvalue weighted by Crippen LogP contribution is -2.45. The molecule has 3 aromatic carbocycles. The first kappa shape index (κ1) is 34.3. The first-order valence-corrected chi connectivity index (χ1v) is 15.6. The highest BCUT2D eigenvalue weighted by molar-refractivity contribution is 9.11. The van der Waals surface area contributed by atoms with E-state index >= 15 is 0 Å². The van der Waals surface area contributed by atoms with Gasteiger partial charge in [0.05, 0.1) is 52.1 Å². The van der Waals surface area contributed by atoms with E-state index in [9.17, 15) is 20.0 Å². The summed E-state index contributed by atoms with van der Waals surface area (Å²) in [5, 5.41) is 29.2. The Kier molecular flexibility index (Phi) is 12.0. The van der Waals surface area contributed by atoms with Gasteiger partial charge in [-0.15, -0.1) is 0 Å². The van der Waals surface area contributed by atoms with Crippen LogP contribution in [-0.4, -0.2) is 49.9 Å². The SMILES string of the molecule is CCOc1cc([C@@H]2NC(=O)NC(C)=C2C(=O)OC)ccc1OC[C@@H](O)N/N=C\c1cc(Br)c(OCc2ccccc2C#N)c(Br)c1. The van der Waals surface area contributed by atoms with Gasteiger partial charge in [-0.1, -0.05) is 24.3 Å². The number of methoxy groups -OCH3 is 1. The van der Waals surface area contributed by atoms with Gasteiger partial charge in [-0.2, -0.15) is 10.4 Å². The van der Waals surface area contributed by atoms with Gasteiger partial charge in [0, 0.05) is 11.3 Å². The van der Waals surface area contributed by atoms with Crippen LogP contribution in [0.4, 0.5) is 4.79 Å². The fraction of sp³-hybridized carbons (Fsp3) is 0.250. The van der Waals surface area contributed by atoms with Crippen LogP contribution in [0.5, 0.6) is 17.2 Å². The molecular formula is C32H31Br2N5O7. The molecule has 14 heteroatoms. The van der Waals surface area contributed by atoms with Crippen LogP contribution in [0, 0.1) is 11.3 Å². The van der Waals surface area contributed by atoms with Crippen LogP contribution >= 0.6 is 31.9 Å². The summed E-state index contributed by atoms with van der Waals surface area (Å²) in [6.45, 7) is 3.80. The van der Waals surface area contributed by atoms with E-state index in [0.29, 0.717) is 55.2 Å². The summed E-state index contributed by atoms with van der Waals surface area (Å²) in [5.41, 5.74) is 5.87. The van der Waals surface area contributed by atoms with Gasteiger partial charge < -0.3 is 34.7 Å². The number of nitriles is 1. The van der Waals surface area contributed by atoms with Gasteiger partial charge in [-0.3, -0.25) is 5.43 Å². The number of halogens is 2. The predicted octanol–water partition coefficient (Wildman–Crippen LogP) is 5.18. The minimum Gasteiger partial charge on any atom is -0.490 e. The predicted molar refractivity (Wildman–Crippen MR) is 176 cm³/mol. The van der Waals surface area contributed by atoms with E-state index < -0.39 is 24.3 Å². The van der Waals surface area contributed by atoms with E-state index in [4.69, 9.17) is 18.9 Å². The summed E-state index contributed by atoms with van der Waals surface area (Å²) in [5.74, 6) is 0.693. The first-order chi connectivity index (χ1) is 22.1. The summed E-state index contributed by atoms with van der Waals surface area (Å²) < 4.78 is 23.8. The van der Waals surface area contributed by atoms with Gasteiger partial charge in [0.1, 0.15) is 19.0 Å². The number of carbonyl (C=O) groups excluding carboxylic acids is 2. The number of hydrogen-bond acceptors (Lipinski definition) is 10. The third-order valence-corrected chi connectivity index (χ3v) is 7.82. The number of hydrazone groups is 1. The van der Waals surface area contributed by atoms with Crippen LogP contribution < -0.4 is 30.3 Å². The van der Waals surface area contributed by atoms with E-state index in [-0.39, 0.29) is 18.8 Å². The summed E-state index contributed by atoms with van der Waals surface area (Å²) in [6, 6.07) is 16.7. The number of urea groups is 1. The Morgan fingerprint density at radius 1 is 1.13 bits per heavy atom.